The van der Waals surface area contributed by atoms with Gasteiger partial charge in [-0.3, -0.25) is 0 Å². The van der Waals surface area contributed by atoms with Gasteiger partial charge in [0.1, 0.15) is 5.01 Å². The van der Waals surface area contributed by atoms with Crippen LogP contribution in [0.25, 0.3) is 11.5 Å². The Balaban J connectivity index is 0.00000320. The van der Waals surface area contributed by atoms with E-state index in [1.165, 1.54) is 4.88 Å². The van der Waals surface area contributed by atoms with E-state index in [0.29, 0.717) is 19.0 Å². The number of rotatable bonds is 8. The zero-order chi connectivity index (χ0) is 20.6. The molecule has 0 aliphatic carbocycles. The molecule has 3 aromatic rings. The molecule has 0 bridgehead atoms. The van der Waals surface area contributed by atoms with Gasteiger partial charge in [-0.2, -0.15) is 4.98 Å². The fraction of sp³-hybridized carbons (Fsp3) is 0.429. The largest absolute Gasteiger partial charge is 0.357 e. The summed E-state index contributed by atoms with van der Waals surface area (Å²) in [4.78, 5) is 15.0. The molecule has 0 aliphatic heterocycles. The van der Waals surface area contributed by atoms with Gasteiger partial charge in [-0.15, -0.1) is 35.3 Å². The summed E-state index contributed by atoms with van der Waals surface area (Å²) in [5.41, 5.74) is 3.09. The number of hydrogen-bond acceptors (Lipinski definition) is 6. The fourth-order valence-electron chi connectivity index (χ4n) is 2.79. The second-order valence-electron chi connectivity index (χ2n) is 6.76. The highest BCUT2D eigenvalue weighted by Crippen LogP contribution is 2.19. The van der Waals surface area contributed by atoms with E-state index in [2.05, 4.69) is 46.5 Å². The van der Waals surface area contributed by atoms with Crippen molar-refractivity contribution in [3.8, 4) is 11.5 Å². The number of guanidine groups is 1. The topological polar surface area (TPSA) is 88.2 Å². The molecule has 0 aliphatic rings. The van der Waals surface area contributed by atoms with Gasteiger partial charge in [-0.05, 0) is 44.9 Å². The lowest BCUT2D eigenvalue weighted by atomic mass is 10.1. The van der Waals surface area contributed by atoms with Crippen molar-refractivity contribution in [2.24, 2.45) is 4.99 Å². The Kier molecular flexibility index (Phi) is 9.70. The zero-order valence-corrected chi connectivity index (χ0v) is 21.0. The number of nitrogens with zero attached hydrogens (tertiary/aromatic N) is 4. The van der Waals surface area contributed by atoms with E-state index in [9.17, 15) is 0 Å². The van der Waals surface area contributed by atoms with Crippen LogP contribution in [-0.2, 0) is 19.5 Å². The first-order valence-electron chi connectivity index (χ1n) is 9.96. The van der Waals surface area contributed by atoms with Crippen LogP contribution < -0.4 is 10.6 Å². The molecule has 9 heteroatoms. The van der Waals surface area contributed by atoms with Crippen LogP contribution >= 0.6 is 35.3 Å². The van der Waals surface area contributed by atoms with Gasteiger partial charge in [0, 0.05) is 23.4 Å². The highest BCUT2D eigenvalue weighted by atomic mass is 127. The van der Waals surface area contributed by atoms with Crippen molar-refractivity contribution in [3.63, 3.8) is 0 Å². The van der Waals surface area contributed by atoms with E-state index >= 15 is 0 Å². The van der Waals surface area contributed by atoms with Crippen molar-refractivity contribution in [1.29, 1.82) is 0 Å². The molecule has 162 valence electrons. The molecule has 0 saturated carbocycles. The number of hydrogen-bond donors (Lipinski definition) is 2. The van der Waals surface area contributed by atoms with Crippen LogP contribution in [-0.4, -0.2) is 27.6 Å². The summed E-state index contributed by atoms with van der Waals surface area (Å²) in [6, 6.07) is 8.07. The maximum absolute atomic E-state index is 5.39. The normalized spacial score (nSPS) is 11.3. The van der Waals surface area contributed by atoms with Crippen LogP contribution in [0, 0.1) is 13.8 Å². The van der Waals surface area contributed by atoms with Crippen molar-refractivity contribution in [2.75, 3.05) is 6.54 Å². The maximum Gasteiger partial charge on any atom is 0.257 e. The molecular weight excluding hydrogens is 511 g/mol. The molecule has 0 amide bonds. The third-order valence-electron chi connectivity index (χ3n) is 4.36. The maximum atomic E-state index is 5.39. The lowest BCUT2D eigenvalue weighted by Crippen LogP contribution is -2.36. The molecule has 3 rings (SSSR count). The van der Waals surface area contributed by atoms with Crippen LogP contribution in [0.15, 0.2) is 33.8 Å². The van der Waals surface area contributed by atoms with Crippen molar-refractivity contribution in [3.05, 3.63) is 51.2 Å². The average Bonchev–Trinajstić information content (AvgIpc) is 3.31. The Labute approximate surface area is 198 Å². The van der Waals surface area contributed by atoms with Gasteiger partial charge in [-0.1, -0.05) is 24.2 Å². The predicted molar refractivity (Wildman–Crippen MR) is 132 cm³/mol. The first kappa shape index (κ1) is 24.3. The number of halogens is 1. The summed E-state index contributed by atoms with van der Waals surface area (Å²) in [7, 11) is 0. The molecule has 2 aromatic heterocycles. The van der Waals surface area contributed by atoms with Gasteiger partial charge in [0.2, 0.25) is 0 Å². The summed E-state index contributed by atoms with van der Waals surface area (Å²) in [6.07, 6.45) is 1.82. The van der Waals surface area contributed by atoms with Gasteiger partial charge in [0.05, 0.1) is 18.8 Å². The number of aromatic nitrogens is 3. The minimum atomic E-state index is 0. The van der Waals surface area contributed by atoms with Crippen molar-refractivity contribution in [1.82, 2.24) is 25.8 Å². The standard InChI is InChI=1S/C21H28N6OS.HI/c1-5-8-18-26-20(28-27-18)17-10-7-9-16(11-17)12-23-21(22-6-2)24-13-19-25-14(3)15(4)29-19;/h7,9-11H,5-6,8,12-13H2,1-4H3,(H2,22,23,24);1H. The van der Waals surface area contributed by atoms with Crippen molar-refractivity contribution >= 4 is 41.3 Å². The third-order valence-corrected chi connectivity index (χ3v) is 5.43. The summed E-state index contributed by atoms with van der Waals surface area (Å²) >= 11 is 1.71. The lowest BCUT2D eigenvalue weighted by molar-refractivity contribution is 0.422. The molecule has 0 fully saturated rings. The molecule has 7 nitrogen and oxygen atoms in total. The number of nitrogens with one attached hydrogen (secondary N) is 2. The molecule has 0 atom stereocenters. The van der Waals surface area contributed by atoms with Gasteiger partial charge in [-0.25, -0.2) is 9.98 Å². The van der Waals surface area contributed by atoms with Crippen LogP contribution in [0.1, 0.15) is 47.2 Å². The molecule has 2 N–H and O–H groups in total. The first-order valence-corrected chi connectivity index (χ1v) is 10.8. The van der Waals surface area contributed by atoms with Crippen LogP contribution in [0.3, 0.4) is 0 Å². The smallest absolute Gasteiger partial charge is 0.257 e. The van der Waals surface area contributed by atoms with Gasteiger partial charge < -0.3 is 15.2 Å². The van der Waals surface area contributed by atoms with Crippen molar-refractivity contribution in [2.45, 2.75) is 53.6 Å². The molecule has 30 heavy (non-hydrogen) atoms. The Morgan fingerprint density at radius 3 is 2.70 bits per heavy atom. The SMILES string of the molecule is CCCc1noc(-c2cccc(CN=C(NCC)NCc3nc(C)c(C)s3)c2)n1.I. The summed E-state index contributed by atoms with van der Waals surface area (Å²) in [6.45, 7) is 10.3. The monoisotopic (exact) mass is 540 g/mol. The van der Waals surface area contributed by atoms with E-state index in [1.807, 2.05) is 31.2 Å². The quantitative estimate of drug-likeness (QED) is 0.246. The second-order valence-corrected chi connectivity index (χ2v) is 8.05. The molecule has 2 heterocycles. The molecule has 0 unspecified atom stereocenters. The van der Waals surface area contributed by atoms with E-state index < -0.39 is 0 Å². The Bertz CT molecular complexity index is 949. The molecule has 1 aromatic carbocycles. The summed E-state index contributed by atoms with van der Waals surface area (Å²) in [5.74, 6) is 2.07. The fourth-order valence-corrected chi connectivity index (χ4v) is 3.66. The van der Waals surface area contributed by atoms with Crippen LogP contribution in [0.2, 0.25) is 0 Å². The summed E-state index contributed by atoms with van der Waals surface area (Å²) < 4.78 is 5.39. The second kappa shape index (κ2) is 12.0. The highest BCUT2D eigenvalue weighted by Gasteiger charge is 2.09. The van der Waals surface area contributed by atoms with E-state index in [0.717, 1.165) is 53.0 Å². The minimum Gasteiger partial charge on any atom is -0.357 e. The molecule has 0 saturated heterocycles. The first-order chi connectivity index (χ1) is 14.1. The highest BCUT2D eigenvalue weighted by molar-refractivity contribution is 14.0. The van der Waals surface area contributed by atoms with Gasteiger partial charge in [0.15, 0.2) is 11.8 Å². The number of benzene rings is 1. The lowest BCUT2D eigenvalue weighted by Gasteiger charge is -2.10. The van der Waals surface area contributed by atoms with Gasteiger partial charge >= 0.3 is 0 Å². The number of thiazole rings is 1. The van der Waals surface area contributed by atoms with Crippen LogP contribution in [0.4, 0.5) is 0 Å². The summed E-state index contributed by atoms with van der Waals surface area (Å²) in [5, 5.41) is 11.7. The van der Waals surface area contributed by atoms with Crippen molar-refractivity contribution < 1.29 is 4.52 Å². The minimum absolute atomic E-state index is 0. The predicted octanol–water partition coefficient (Wildman–Crippen LogP) is 4.64. The zero-order valence-electron chi connectivity index (χ0n) is 17.9. The number of aryl methyl sites for hydroxylation is 3. The average molecular weight is 540 g/mol. The molecular formula is C21H29IN6OS. The Hall–Kier alpha value is -2.01. The van der Waals surface area contributed by atoms with E-state index in [4.69, 9.17) is 9.52 Å². The third kappa shape index (κ3) is 6.76. The molecule has 0 spiro atoms. The number of aliphatic imine (C=N–C) groups is 1. The van der Waals surface area contributed by atoms with E-state index in [1.54, 1.807) is 11.3 Å². The van der Waals surface area contributed by atoms with Gasteiger partial charge in [0.25, 0.3) is 5.89 Å². The molecule has 0 radical (unpaired) electrons. The van der Waals surface area contributed by atoms with E-state index in [-0.39, 0.29) is 24.0 Å². The Morgan fingerprint density at radius 2 is 2.00 bits per heavy atom. The Morgan fingerprint density at radius 1 is 1.17 bits per heavy atom. The van der Waals surface area contributed by atoms with Crippen LogP contribution in [0.5, 0.6) is 0 Å².